The molecule has 0 spiro atoms. The lowest BCUT2D eigenvalue weighted by Crippen LogP contribution is -2.38. The van der Waals surface area contributed by atoms with Crippen LogP contribution in [0.25, 0.3) is 10.9 Å². The van der Waals surface area contributed by atoms with Gasteiger partial charge >= 0.3 is 0 Å². The largest absolute Gasteiger partial charge is 0.492 e. The van der Waals surface area contributed by atoms with E-state index in [0.29, 0.717) is 6.04 Å². The van der Waals surface area contributed by atoms with Gasteiger partial charge in [-0.25, -0.2) is 0 Å². The zero-order valence-electron chi connectivity index (χ0n) is 10.4. The minimum absolute atomic E-state index is 0.503. The van der Waals surface area contributed by atoms with Crippen LogP contribution in [0.15, 0.2) is 36.5 Å². The second-order valence-electron chi connectivity index (χ2n) is 4.82. The molecule has 1 aromatic heterocycles. The number of hydrogen-bond acceptors (Lipinski definition) is 3. The molecule has 0 aliphatic carbocycles. The molecule has 2 heterocycles. The molecule has 1 aliphatic rings. The molecule has 1 unspecified atom stereocenters. The Morgan fingerprint density at radius 3 is 3.17 bits per heavy atom. The summed E-state index contributed by atoms with van der Waals surface area (Å²) in [6.07, 6.45) is 5.63. The molecule has 94 valence electrons. The zero-order valence-corrected chi connectivity index (χ0v) is 10.4. The first-order valence-corrected chi connectivity index (χ1v) is 6.63. The van der Waals surface area contributed by atoms with E-state index in [4.69, 9.17) is 4.74 Å². The average molecular weight is 242 g/mol. The van der Waals surface area contributed by atoms with Crippen LogP contribution < -0.4 is 10.1 Å². The topological polar surface area (TPSA) is 34.1 Å². The number of pyridine rings is 1. The first kappa shape index (κ1) is 11.5. The lowest BCUT2D eigenvalue weighted by atomic mass is 10.1. The molecule has 1 N–H and O–H groups in total. The van der Waals surface area contributed by atoms with Gasteiger partial charge in [0.05, 0.1) is 5.52 Å². The summed E-state index contributed by atoms with van der Waals surface area (Å²) in [5.74, 6) is 0.933. The smallest absolute Gasteiger partial charge is 0.120 e. The predicted octanol–water partition coefficient (Wildman–Crippen LogP) is 2.76. The van der Waals surface area contributed by atoms with Crippen molar-refractivity contribution in [3.63, 3.8) is 0 Å². The average Bonchev–Trinajstić information content (AvgIpc) is 2.46. The summed E-state index contributed by atoms with van der Waals surface area (Å²) in [4.78, 5) is 4.30. The van der Waals surface area contributed by atoms with Gasteiger partial charge in [0, 0.05) is 17.6 Å². The van der Waals surface area contributed by atoms with E-state index in [2.05, 4.69) is 22.4 Å². The molecule has 3 heteroatoms. The van der Waals surface area contributed by atoms with Crippen molar-refractivity contribution >= 4 is 10.9 Å². The Kier molecular flexibility index (Phi) is 3.42. The van der Waals surface area contributed by atoms with E-state index in [1.165, 1.54) is 19.3 Å². The number of ether oxygens (including phenoxy) is 1. The second-order valence-corrected chi connectivity index (χ2v) is 4.82. The number of nitrogens with zero attached hydrogens (tertiary/aromatic N) is 1. The molecule has 1 aliphatic heterocycles. The van der Waals surface area contributed by atoms with E-state index in [1.54, 1.807) is 0 Å². The van der Waals surface area contributed by atoms with E-state index >= 15 is 0 Å². The quantitative estimate of drug-likeness (QED) is 0.898. The molecule has 1 aromatic carbocycles. The minimum Gasteiger partial charge on any atom is -0.492 e. The van der Waals surface area contributed by atoms with Gasteiger partial charge in [-0.2, -0.15) is 0 Å². The number of aromatic nitrogens is 1. The number of benzene rings is 1. The van der Waals surface area contributed by atoms with Crippen LogP contribution in [0, 0.1) is 0 Å². The molecule has 1 atom stereocenters. The number of rotatable bonds is 3. The summed E-state index contributed by atoms with van der Waals surface area (Å²) in [6.45, 7) is 1.88. The number of fused-ring (bicyclic) bond motifs is 1. The summed E-state index contributed by atoms with van der Waals surface area (Å²) < 4.78 is 5.86. The molecular formula is C15H18N2O. The highest BCUT2D eigenvalue weighted by atomic mass is 16.5. The van der Waals surface area contributed by atoms with Crippen molar-refractivity contribution < 1.29 is 4.74 Å². The van der Waals surface area contributed by atoms with Gasteiger partial charge in [-0.1, -0.05) is 12.5 Å². The number of nitrogens with one attached hydrogen (secondary N) is 1. The van der Waals surface area contributed by atoms with Gasteiger partial charge in [-0.05, 0) is 43.7 Å². The highest BCUT2D eigenvalue weighted by molar-refractivity contribution is 5.79. The molecule has 2 aromatic rings. The van der Waals surface area contributed by atoms with Crippen molar-refractivity contribution in [2.45, 2.75) is 25.3 Å². The maximum Gasteiger partial charge on any atom is 0.120 e. The SMILES string of the molecule is c1cnc2ccc(OCC3CCCCN3)cc2c1. The van der Waals surface area contributed by atoms with Crippen LogP contribution in [0.2, 0.25) is 0 Å². The molecule has 1 saturated heterocycles. The van der Waals surface area contributed by atoms with E-state index in [-0.39, 0.29) is 0 Å². The van der Waals surface area contributed by atoms with E-state index in [9.17, 15) is 0 Å². The third-order valence-corrected chi connectivity index (χ3v) is 3.44. The van der Waals surface area contributed by atoms with Crippen molar-refractivity contribution in [1.29, 1.82) is 0 Å². The predicted molar refractivity (Wildman–Crippen MR) is 72.9 cm³/mol. The van der Waals surface area contributed by atoms with Crippen molar-refractivity contribution in [1.82, 2.24) is 10.3 Å². The fourth-order valence-corrected chi connectivity index (χ4v) is 2.41. The monoisotopic (exact) mass is 242 g/mol. The van der Waals surface area contributed by atoms with Crippen LogP contribution in [-0.4, -0.2) is 24.2 Å². The Labute approximate surface area is 107 Å². The third kappa shape index (κ3) is 2.62. The van der Waals surface area contributed by atoms with Crippen molar-refractivity contribution in [2.24, 2.45) is 0 Å². The molecule has 3 nitrogen and oxygen atoms in total. The molecule has 1 fully saturated rings. The van der Waals surface area contributed by atoms with Gasteiger partial charge in [0.15, 0.2) is 0 Å². The molecule has 0 amide bonds. The molecule has 0 bridgehead atoms. The van der Waals surface area contributed by atoms with Crippen molar-refractivity contribution in [3.05, 3.63) is 36.5 Å². The summed E-state index contributed by atoms with van der Waals surface area (Å²) in [5.41, 5.74) is 1.01. The number of hydrogen-bond donors (Lipinski definition) is 1. The molecule has 0 radical (unpaired) electrons. The first-order valence-electron chi connectivity index (χ1n) is 6.63. The summed E-state index contributed by atoms with van der Waals surface area (Å²) in [6, 6.07) is 10.6. The molecule has 3 rings (SSSR count). The van der Waals surface area contributed by atoms with Gasteiger partial charge in [-0.15, -0.1) is 0 Å². The van der Waals surface area contributed by atoms with Gasteiger partial charge in [-0.3, -0.25) is 4.98 Å². The van der Waals surface area contributed by atoms with Crippen LogP contribution in [0.1, 0.15) is 19.3 Å². The number of piperidine rings is 1. The Balaban J connectivity index is 1.66. The normalized spacial score (nSPS) is 19.9. The van der Waals surface area contributed by atoms with Crippen molar-refractivity contribution in [3.8, 4) is 5.75 Å². The molecule has 18 heavy (non-hydrogen) atoms. The van der Waals surface area contributed by atoms with Crippen LogP contribution in [0.5, 0.6) is 5.75 Å². The second kappa shape index (κ2) is 5.36. The summed E-state index contributed by atoms with van der Waals surface area (Å²) in [5, 5.41) is 4.62. The Hall–Kier alpha value is -1.61. The Morgan fingerprint density at radius 1 is 1.28 bits per heavy atom. The van der Waals surface area contributed by atoms with E-state index < -0.39 is 0 Å². The van der Waals surface area contributed by atoms with Crippen LogP contribution in [0.3, 0.4) is 0 Å². The van der Waals surface area contributed by atoms with Gasteiger partial charge in [0.25, 0.3) is 0 Å². The zero-order chi connectivity index (χ0) is 12.2. The lowest BCUT2D eigenvalue weighted by Gasteiger charge is -2.23. The van der Waals surface area contributed by atoms with Gasteiger partial charge in [0.1, 0.15) is 12.4 Å². The maximum atomic E-state index is 5.86. The van der Waals surface area contributed by atoms with Crippen molar-refractivity contribution in [2.75, 3.05) is 13.2 Å². The summed E-state index contributed by atoms with van der Waals surface area (Å²) >= 11 is 0. The third-order valence-electron chi connectivity index (χ3n) is 3.44. The van der Waals surface area contributed by atoms with E-state index in [1.807, 2.05) is 24.4 Å². The standard InChI is InChI=1S/C15H18N2O/c1-2-8-16-13(5-1)11-18-14-6-7-15-12(10-14)4-3-9-17-15/h3-4,6-7,9-10,13,16H,1-2,5,8,11H2. The van der Waals surface area contributed by atoms with Gasteiger partial charge < -0.3 is 10.1 Å². The van der Waals surface area contributed by atoms with Crippen LogP contribution in [-0.2, 0) is 0 Å². The molecule has 0 saturated carbocycles. The maximum absolute atomic E-state index is 5.86. The fraction of sp³-hybridized carbons (Fsp3) is 0.400. The molecular weight excluding hydrogens is 224 g/mol. The van der Waals surface area contributed by atoms with Crippen LogP contribution in [0.4, 0.5) is 0 Å². The van der Waals surface area contributed by atoms with Crippen LogP contribution >= 0.6 is 0 Å². The first-order chi connectivity index (χ1) is 8.92. The Morgan fingerprint density at radius 2 is 2.28 bits per heavy atom. The summed E-state index contributed by atoms with van der Waals surface area (Å²) in [7, 11) is 0. The lowest BCUT2D eigenvalue weighted by molar-refractivity contribution is 0.239. The highest BCUT2D eigenvalue weighted by Gasteiger charge is 2.12. The van der Waals surface area contributed by atoms with Gasteiger partial charge in [0.2, 0.25) is 0 Å². The minimum atomic E-state index is 0.503. The Bertz CT molecular complexity index is 521. The fourth-order valence-electron chi connectivity index (χ4n) is 2.41. The van der Waals surface area contributed by atoms with E-state index in [0.717, 1.165) is 29.8 Å². The highest BCUT2D eigenvalue weighted by Crippen LogP contribution is 2.19.